The first kappa shape index (κ1) is 27.7. The highest BCUT2D eigenvalue weighted by Crippen LogP contribution is 2.60. The van der Waals surface area contributed by atoms with Crippen molar-refractivity contribution >= 4 is 19.2 Å². The molecule has 0 amide bonds. The summed E-state index contributed by atoms with van der Waals surface area (Å²) in [6, 6.07) is 17.2. The van der Waals surface area contributed by atoms with Gasteiger partial charge in [-0.05, 0) is 104 Å². The Labute approximate surface area is 225 Å². The van der Waals surface area contributed by atoms with Crippen molar-refractivity contribution in [1.29, 1.82) is 0 Å². The summed E-state index contributed by atoms with van der Waals surface area (Å²) in [6.07, 6.45) is 0.725. The Morgan fingerprint density at radius 2 is 1.81 bits per heavy atom. The molecule has 7 heteroatoms. The van der Waals surface area contributed by atoms with E-state index in [1.165, 1.54) is 5.56 Å². The Morgan fingerprint density at radius 3 is 2.46 bits per heavy atom. The Bertz CT molecular complexity index is 1310. The molecule has 1 fully saturated rings. The van der Waals surface area contributed by atoms with Crippen LogP contribution in [0.15, 0.2) is 54.6 Å². The molecular formula is C30H36ClO5P. The molecule has 0 aliphatic carbocycles. The van der Waals surface area contributed by atoms with Crippen LogP contribution in [0.5, 0.6) is 11.5 Å². The lowest BCUT2D eigenvalue weighted by Gasteiger charge is -2.39. The maximum absolute atomic E-state index is 13.7. The Balaban J connectivity index is 1.50. The van der Waals surface area contributed by atoms with E-state index >= 15 is 0 Å². The lowest BCUT2D eigenvalue weighted by atomic mass is 9.93. The predicted octanol–water partition coefficient (Wildman–Crippen LogP) is 8.86. The van der Waals surface area contributed by atoms with E-state index in [1.807, 2.05) is 64.1 Å². The number of hydrogen-bond donors (Lipinski definition) is 1. The average Bonchev–Trinajstić information content (AvgIpc) is 2.80. The van der Waals surface area contributed by atoms with Crippen LogP contribution < -0.4 is 4.74 Å². The van der Waals surface area contributed by atoms with Gasteiger partial charge in [-0.15, -0.1) is 0 Å². The molecule has 4 rings (SSSR count). The second-order valence-electron chi connectivity index (χ2n) is 10.8. The van der Waals surface area contributed by atoms with Crippen LogP contribution >= 0.6 is 19.2 Å². The van der Waals surface area contributed by atoms with E-state index in [1.54, 1.807) is 12.1 Å². The summed E-state index contributed by atoms with van der Waals surface area (Å²) in [5, 5.41) is 10.8. The van der Waals surface area contributed by atoms with E-state index < -0.39 is 19.3 Å². The molecule has 0 saturated carbocycles. The number of rotatable bonds is 7. The van der Waals surface area contributed by atoms with Crippen molar-refractivity contribution in [3.05, 3.63) is 93.0 Å². The van der Waals surface area contributed by atoms with Gasteiger partial charge < -0.3 is 9.84 Å². The van der Waals surface area contributed by atoms with Crippen molar-refractivity contribution in [2.45, 2.75) is 72.0 Å². The number of aromatic hydroxyl groups is 1. The van der Waals surface area contributed by atoms with Gasteiger partial charge >= 0.3 is 7.60 Å². The topological polar surface area (TPSA) is 65.0 Å². The molecule has 0 radical (unpaired) electrons. The highest BCUT2D eigenvalue weighted by Gasteiger charge is 2.44. The van der Waals surface area contributed by atoms with Gasteiger partial charge in [-0.3, -0.25) is 13.6 Å². The summed E-state index contributed by atoms with van der Waals surface area (Å²) in [6.45, 7) is 12.1. The molecule has 1 heterocycles. The van der Waals surface area contributed by atoms with E-state index in [4.69, 9.17) is 25.4 Å². The lowest BCUT2D eigenvalue weighted by molar-refractivity contribution is -0.0258. The van der Waals surface area contributed by atoms with Crippen LogP contribution in [0.25, 0.3) is 0 Å². The number of ether oxygens (including phenoxy) is 1. The fourth-order valence-electron chi connectivity index (χ4n) is 4.91. The largest absolute Gasteiger partial charge is 0.508 e. The highest BCUT2D eigenvalue weighted by atomic mass is 35.5. The standard InChI is InChI=1S/C30H36ClO5P/c1-19(2)26-14-22(10-11-28(26)32)15-27-20(3)12-25(13-21(27)4)34-18-37(33)35-29(17-30(5,6)36-37)23-8-7-9-24(31)16-23/h7-14,16,19,29,32H,15,17-18H2,1-6H3/t29-,37+/m0/s1. The molecule has 1 saturated heterocycles. The molecule has 3 aromatic carbocycles. The van der Waals surface area contributed by atoms with E-state index in [0.29, 0.717) is 22.9 Å². The molecule has 198 valence electrons. The smallest absolute Gasteiger partial charge is 0.368 e. The number of halogens is 1. The van der Waals surface area contributed by atoms with Gasteiger partial charge in [-0.25, -0.2) is 0 Å². The SMILES string of the molecule is Cc1cc(OC[P@@]2(=O)O[C@H](c3cccc(Cl)c3)CC(C)(C)O2)cc(C)c1Cc1ccc(O)c(C(C)C)c1. The second-order valence-corrected chi connectivity index (χ2v) is 13.2. The number of phenolic OH excluding ortho intramolecular Hbond substituents is 1. The fraction of sp³-hybridized carbons (Fsp3) is 0.400. The van der Waals surface area contributed by atoms with Gasteiger partial charge in [0.1, 0.15) is 11.5 Å². The van der Waals surface area contributed by atoms with Crippen LogP contribution in [0.3, 0.4) is 0 Å². The molecule has 0 spiro atoms. The van der Waals surface area contributed by atoms with Gasteiger partial charge in [0.05, 0.1) is 11.7 Å². The van der Waals surface area contributed by atoms with Crippen LogP contribution in [0.2, 0.25) is 5.02 Å². The molecule has 1 N–H and O–H groups in total. The van der Waals surface area contributed by atoms with Crippen molar-refractivity contribution < 1.29 is 23.5 Å². The number of phenols is 1. The van der Waals surface area contributed by atoms with Crippen LogP contribution in [-0.4, -0.2) is 17.1 Å². The third-order valence-corrected chi connectivity index (χ3v) is 8.75. The zero-order valence-electron chi connectivity index (χ0n) is 22.4. The van der Waals surface area contributed by atoms with E-state index in [9.17, 15) is 9.67 Å². The zero-order valence-corrected chi connectivity index (χ0v) is 24.0. The van der Waals surface area contributed by atoms with Gasteiger partial charge in [0.15, 0.2) is 6.35 Å². The van der Waals surface area contributed by atoms with Crippen molar-refractivity contribution in [3.8, 4) is 11.5 Å². The molecule has 0 unspecified atom stereocenters. The van der Waals surface area contributed by atoms with Gasteiger partial charge in [-0.1, -0.05) is 49.7 Å². The number of benzene rings is 3. The molecule has 3 aromatic rings. The molecule has 0 aromatic heterocycles. The monoisotopic (exact) mass is 542 g/mol. The predicted molar refractivity (Wildman–Crippen MR) is 149 cm³/mol. The summed E-state index contributed by atoms with van der Waals surface area (Å²) < 4.78 is 31.6. The second kappa shape index (κ2) is 10.8. The Hall–Kier alpha value is -2.30. The number of hydrogen-bond acceptors (Lipinski definition) is 5. The summed E-state index contributed by atoms with van der Waals surface area (Å²) >= 11 is 6.18. The van der Waals surface area contributed by atoms with Gasteiger partial charge in [0.25, 0.3) is 0 Å². The summed E-state index contributed by atoms with van der Waals surface area (Å²) in [4.78, 5) is 0. The fourth-order valence-corrected chi connectivity index (χ4v) is 6.98. The normalized spacial score (nSPS) is 21.2. The van der Waals surface area contributed by atoms with E-state index in [-0.39, 0.29) is 12.3 Å². The zero-order chi connectivity index (χ0) is 27.0. The van der Waals surface area contributed by atoms with Gasteiger partial charge in [0.2, 0.25) is 0 Å². The van der Waals surface area contributed by atoms with Crippen molar-refractivity contribution in [1.82, 2.24) is 0 Å². The first-order valence-electron chi connectivity index (χ1n) is 12.6. The molecular weight excluding hydrogens is 507 g/mol. The average molecular weight is 543 g/mol. The molecule has 0 bridgehead atoms. The quantitative estimate of drug-likeness (QED) is 0.302. The first-order valence-corrected chi connectivity index (χ1v) is 14.7. The lowest BCUT2D eigenvalue weighted by Crippen LogP contribution is -2.33. The summed E-state index contributed by atoms with van der Waals surface area (Å²) in [5.41, 5.74) is 5.68. The molecule has 1 aliphatic heterocycles. The maximum Gasteiger partial charge on any atom is 0.368 e. The van der Waals surface area contributed by atoms with Crippen molar-refractivity contribution in [2.75, 3.05) is 6.35 Å². The Morgan fingerprint density at radius 1 is 1.11 bits per heavy atom. The van der Waals surface area contributed by atoms with Gasteiger partial charge in [-0.2, -0.15) is 0 Å². The Kier molecular flexibility index (Phi) is 8.11. The first-order chi connectivity index (χ1) is 17.3. The van der Waals surface area contributed by atoms with E-state index in [0.717, 1.165) is 34.2 Å². The molecule has 2 atom stereocenters. The maximum atomic E-state index is 13.7. The number of aryl methyl sites for hydroxylation is 2. The van der Waals surface area contributed by atoms with Crippen LogP contribution in [0.4, 0.5) is 0 Å². The van der Waals surface area contributed by atoms with Crippen LogP contribution in [0.1, 0.15) is 79.5 Å². The summed E-state index contributed by atoms with van der Waals surface area (Å²) in [5.74, 6) is 1.20. The minimum Gasteiger partial charge on any atom is -0.508 e. The van der Waals surface area contributed by atoms with Crippen LogP contribution in [0, 0.1) is 13.8 Å². The molecule has 5 nitrogen and oxygen atoms in total. The minimum atomic E-state index is -3.54. The van der Waals surface area contributed by atoms with Crippen LogP contribution in [-0.2, 0) is 20.0 Å². The summed E-state index contributed by atoms with van der Waals surface area (Å²) in [7, 11) is -3.54. The van der Waals surface area contributed by atoms with Gasteiger partial charge in [0, 0.05) is 11.4 Å². The highest BCUT2D eigenvalue weighted by molar-refractivity contribution is 7.53. The van der Waals surface area contributed by atoms with E-state index in [2.05, 4.69) is 19.9 Å². The minimum absolute atomic E-state index is 0.179. The van der Waals surface area contributed by atoms with Crippen molar-refractivity contribution in [2.24, 2.45) is 0 Å². The molecule has 1 aliphatic rings. The third kappa shape index (κ3) is 6.78. The molecule has 37 heavy (non-hydrogen) atoms. The third-order valence-electron chi connectivity index (χ3n) is 6.73. The van der Waals surface area contributed by atoms with Crippen molar-refractivity contribution in [3.63, 3.8) is 0 Å².